The number of hydrogen-bond acceptors (Lipinski definition) is 3. The molecule has 0 N–H and O–H groups in total. The van der Waals surface area contributed by atoms with Gasteiger partial charge >= 0.3 is 0 Å². The molecule has 0 unspecified atom stereocenters. The highest BCUT2D eigenvalue weighted by molar-refractivity contribution is 5.39. The predicted octanol–water partition coefficient (Wildman–Crippen LogP) is 13.5. The molecule has 49 heavy (non-hydrogen) atoms. The zero-order valence-corrected chi connectivity index (χ0v) is 37.8. The van der Waals surface area contributed by atoms with Crippen LogP contribution in [-0.4, -0.2) is 41.6 Å². The van der Waals surface area contributed by atoms with Gasteiger partial charge in [-0.05, 0) is 40.5 Å². The van der Waals surface area contributed by atoms with Gasteiger partial charge in [-0.25, -0.2) is 0 Å². The maximum absolute atomic E-state index is 5.89. The molecule has 1 aromatic heterocycles. The van der Waals surface area contributed by atoms with Crippen molar-refractivity contribution in [3.05, 3.63) is 70.7 Å². The Hall–Kier alpha value is -2.36. The van der Waals surface area contributed by atoms with E-state index < -0.39 is 0 Å². The van der Waals surface area contributed by atoms with E-state index in [1.54, 1.807) is 0 Å². The lowest BCUT2D eigenvalue weighted by atomic mass is 9.79. The highest BCUT2D eigenvalue weighted by Crippen LogP contribution is 2.40. The Kier molecular flexibility index (Phi) is 22.7. The fraction of sp³-hybridized carbons (Fsp3) is 0.733. The fourth-order valence-corrected chi connectivity index (χ4v) is 6.13. The van der Waals surface area contributed by atoms with Gasteiger partial charge in [-0.3, -0.25) is 0 Å². The lowest BCUT2D eigenvalue weighted by Gasteiger charge is -2.41. The van der Waals surface area contributed by atoms with Gasteiger partial charge in [0.05, 0.1) is 12.2 Å². The van der Waals surface area contributed by atoms with Crippen LogP contribution in [-0.2, 0) is 22.6 Å². The summed E-state index contributed by atoms with van der Waals surface area (Å²) in [6.45, 7) is 53.8. The molecule has 0 saturated heterocycles. The van der Waals surface area contributed by atoms with Crippen molar-refractivity contribution in [2.24, 2.45) is 29.7 Å². The van der Waals surface area contributed by atoms with E-state index in [0.717, 1.165) is 24.6 Å². The highest BCUT2D eigenvalue weighted by Gasteiger charge is 2.34. The molecule has 0 radical (unpaired) electrons. The van der Waals surface area contributed by atoms with E-state index >= 15 is 0 Å². The second-order valence-electron chi connectivity index (χ2n) is 17.2. The summed E-state index contributed by atoms with van der Waals surface area (Å²) in [6.07, 6.45) is 6.48. The molecule has 0 aromatic carbocycles. The third kappa shape index (κ3) is 16.0. The first-order valence-electron chi connectivity index (χ1n) is 19.3. The minimum absolute atomic E-state index is 0.0945. The van der Waals surface area contributed by atoms with Crippen LogP contribution in [0.3, 0.4) is 0 Å². The van der Waals surface area contributed by atoms with Gasteiger partial charge in [-0.2, -0.15) is 0 Å². The molecule has 288 valence electrons. The zero-order chi connectivity index (χ0) is 39.9. The molecule has 4 heteroatoms. The summed E-state index contributed by atoms with van der Waals surface area (Å²) in [4.78, 5) is 4.55. The molecule has 0 atom stereocenters. The average Bonchev–Trinajstić information content (AvgIpc) is 3.39. The minimum atomic E-state index is 0.0945. The van der Waals surface area contributed by atoms with Gasteiger partial charge in [0, 0.05) is 60.7 Å². The summed E-state index contributed by atoms with van der Waals surface area (Å²) < 4.78 is 8.14. The maximum atomic E-state index is 5.89. The van der Waals surface area contributed by atoms with Crippen LogP contribution in [0.2, 0.25) is 0 Å². The van der Waals surface area contributed by atoms with Crippen LogP contribution in [0.4, 0.5) is 0 Å². The van der Waals surface area contributed by atoms with Crippen molar-refractivity contribution in [3.63, 3.8) is 0 Å². The fourth-order valence-electron chi connectivity index (χ4n) is 6.13. The SMILES string of the molecule is C=C1C=CC(C(C)C)=C(C(C)C)N1C.CC.CC.CC.CN1CCOC(C(C)(C)C)=C1C(C)(C)C.Cn1ccc(C(C)(C)C)c1C(C)(C)C. The molecule has 0 spiro atoms. The topological polar surface area (TPSA) is 20.6 Å². The van der Waals surface area contributed by atoms with Gasteiger partial charge in [0.1, 0.15) is 12.4 Å². The van der Waals surface area contributed by atoms with Crippen molar-refractivity contribution in [2.45, 2.75) is 163 Å². The van der Waals surface area contributed by atoms with Crippen LogP contribution in [0.1, 0.15) is 164 Å². The number of likely N-dealkylation sites (N-methyl/N-ethyl adjacent to an activating group) is 2. The van der Waals surface area contributed by atoms with E-state index in [9.17, 15) is 0 Å². The van der Waals surface area contributed by atoms with E-state index in [4.69, 9.17) is 4.74 Å². The first kappa shape index (κ1) is 51.0. The number of allylic oxidation sites excluding steroid dienone is 6. The minimum Gasteiger partial charge on any atom is -0.494 e. The molecule has 2 aliphatic rings. The van der Waals surface area contributed by atoms with E-state index in [-0.39, 0.29) is 21.7 Å². The molecular weight excluding hydrogens is 599 g/mol. The van der Waals surface area contributed by atoms with E-state index in [2.05, 4.69) is 177 Å². The third-order valence-electron chi connectivity index (χ3n) is 7.96. The molecule has 0 fully saturated rings. The van der Waals surface area contributed by atoms with E-state index in [1.165, 1.54) is 28.2 Å². The van der Waals surface area contributed by atoms with Crippen LogP contribution in [0.15, 0.2) is 59.4 Å². The monoisotopic (exact) mass is 686 g/mol. The molecule has 3 heterocycles. The van der Waals surface area contributed by atoms with Crippen molar-refractivity contribution in [1.82, 2.24) is 14.4 Å². The number of rotatable bonds is 2. The standard InChI is InChI=1S/C13H25NO.C13H23N.C13H21N.3C2H6/c1-12(2,3)10-11(13(4,5)6)15-9-8-14(10)7;1-12(2,3)10-8-9-14(7)11(10)13(4,5)6;1-9(2)12-8-7-11(5)14(6)13(12)10(3)4;3*1-2/h8-9H2,1-7H3;8-9H,1-7H3;7-10H,5H2,1-4,6H3;3*1-2H3. The second kappa shape index (κ2) is 21.8. The average molecular weight is 686 g/mol. The van der Waals surface area contributed by atoms with Gasteiger partial charge in [0.25, 0.3) is 0 Å². The molecule has 0 bridgehead atoms. The zero-order valence-electron chi connectivity index (χ0n) is 37.8. The molecular formula is C45H87N3O. The Bertz CT molecular complexity index is 1180. The number of nitrogens with zero attached hydrogens (tertiary/aromatic N) is 3. The molecule has 3 rings (SSSR count). The third-order valence-corrected chi connectivity index (χ3v) is 7.96. The summed E-state index contributed by atoms with van der Waals surface area (Å²) in [5.41, 5.74) is 8.90. The lowest BCUT2D eigenvalue weighted by Crippen LogP contribution is -2.38. The first-order valence-corrected chi connectivity index (χ1v) is 19.3. The van der Waals surface area contributed by atoms with Gasteiger partial charge in [-0.15, -0.1) is 0 Å². The molecule has 0 saturated carbocycles. The predicted molar refractivity (Wildman–Crippen MR) is 224 cm³/mol. The second-order valence-corrected chi connectivity index (χ2v) is 17.2. The van der Waals surface area contributed by atoms with E-state index in [1.807, 2.05) is 41.5 Å². The number of hydrogen-bond donors (Lipinski definition) is 0. The number of aryl methyl sites for hydroxylation is 1. The van der Waals surface area contributed by atoms with Gasteiger partial charge in [-0.1, -0.05) is 165 Å². The number of ether oxygens (including phenoxy) is 1. The summed E-state index contributed by atoms with van der Waals surface area (Å²) in [5.74, 6) is 2.29. The van der Waals surface area contributed by atoms with Crippen molar-refractivity contribution < 1.29 is 4.74 Å². The first-order chi connectivity index (χ1) is 22.2. The summed E-state index contributed by atoms with van der Waals surface area (Å²) >= 11 is 0. The maximum Gasteiger partial charge on any atom is 0.121 e. The molecule has 2 aliphatic heterocycles. The van der Waals surface area contributed by atoms with Crippen molar-refractivity contribution in [3.8, 4) is 0 Å². The summed E-state index contributed by atoms with van der Waals surface area (Å²) in [5, 5.41) is 0. The Morgan fingerprint density at radius 2 is 1.12 bits per heavy atom. The normalized spacial score (nSPS) is 15.1. The Morgan fingerprint density at radius 3 is 1.43 bits per heavy atom. The summed E-state index contributed by atoms with van der Waals surface area (Å²) in [6, 6.07) is 2.25. The van der Waals surface area contributed by atoms with Crippen LogP contribution in [0.25, 0.3) is 0 Å². The molecule has 1 aromatic rings. The van der Waals surface area contributed by atoms with Crippen LogP contribution >= 0.6 is 0 Å². The molecule has 4 nitrogen and oxygen atoms in total. The van der Waals surface area contributed by atoms with Gasteiger partial charge in [0.2, 0.25) is 0 Å². The largest absolute Gasteiger partial charge is 0.494 e. The Balaban J connectivity index is -0.000000600. The van der Waals surface area contributed by atoms with Crippen molar-refractivity contribution in [2.75, 3.05) is 27.2 Å². The lowest BCUT2D eigenvalue weighted by molar-refractivity contribution is 0.0772. The summed E-state index contributed by atoms with van der Waals surface area (Å²) in [7, 11) is 6.40. The van der Waals surface area contributed by atoms with Crippen molar-refractivity contribution in [1.29, 1.82) is 0 Å². The Labute approximate surface area is 309 Å². The van der Waals surface area contributed by atoms with Crippen molar-refractivity contribution >= 4 is 0 Å². The Morgan fingerprint density at radius 1 is 0.653 bits per heavy atom. The smallest absolute Gasteiger partial charge is 0.121 e. The highest BCUT2D eigenvalue weighted by atomic mass is 16.5. The van der Waals surface area contributed by atoms with Crippen LogP contribution < -0.4 is 0 Å². The molecule has 0 amide bonds. The van der Waals surface area contributed by atoms with Gasteiger partial charge in [0.15, 0.2) is 0 Å². The van der Waals surface area contributed by atoms with E-state index in [0.29, 0.717) is 11.8 Å². The number of aromatic nitrogens is 1. The van der Waals surface area contributed by atoms with Crippen LogP contribution in [0.5, 0.6) is 0 Å². The quantitative estimate of drug-likeness (QED) is 0.309. The van der Waals surface area contributed by atoms with Gasteiger partial charge < -0.3 is 19.1 Å². The van der Waals surface area contributed by atoms with Crippen LogP contribution in [0, 0.1) is 22.7 Å². The molecule has 0 aliphatic carbocycles.